The number of nitrogens with zero attached hydrogens (tertiary/aromatic N) is 3. The molecule has 5 heteroatoms. The molecule has 0 amide bonds. The first kappa shape index (κ1) is 12.5. The van der Waals surface area contributed by atoms with Crippen LogP contribution in [-0.2, 0) is 4.79 Å². The number of carboxylic acid groups (broad SMARTS) is 1. The van der Waals surface area contributed by atoms with Crippen molar-refractivity contribution in [3.05, 3.63) is 24.0 Å². The van der Waals surface area contributed by atoms with Gasteiger partial charge in [-0.15, -0.1) is 0 Å². The Morgan fingerprint density at radius 2 is 2.28 bits per heavy atom. The standard InChI is InChI=1S/C13H17N3O2/c1-2-10-5-6-16(9-10)13-14-7-11(8-15-13)3-4-12(17)18/h3-4,7-8,10H,2,5-6,9H2,1H3,(H,17,18)/b4-3+. The second kappa shape index (κ2) is 5.62. The van der Waals surface area contributed by atoms with Crippen LogP contribution in [0.15, 0.2) is 18.5 Å². The van der Waals surface area contributed by atoms with Gasteiger partial charge in [-0.2, -0.15) is 0 Å². The van der Waals surface area contributed by atoms with E-state index in [1.165, 1.54) is 18.9 Å². The van der Waals surface area contributed by atoms with Gasteiger partial charge in [-0.05, 0) is 18.4 Å². The van der Waals surface area contributed by atoms with E-state index in [0.29, 0.717) is 5.56 Å². The summed E-state index contributed by atoms with van der Waals surface area (Å²) < 4.78 is 0. The van der Waals surface area contributed by atoms with Gasteiger partial charge in [0.2, 0.25) is 5.95 Å². The van der Waals surface area contributed by atoms with Crippen LogP contribution in [-0.4, -0.2) is 34.1 Å². The summed E-state index contributed by atoms with van der Waals surface area (Å²) >= 11 is 0. The van der Waals surface area contributed by atoms with Gasteiger partial charge in [0.15, 0.2) is 0 Å². The highest BCUT2D eigenvalue weighted by molar-refractivity contribution is 5.85. The van der Waals surface area contributed by atoms with E-state index in [9.17, 15) is 4.79 Å². The Labute approximate surface area is 106 Å². The molecule has 0 spiro atoms. The minimum atomic E-state index is -0.968. The number of hydrogen-bond acceptors (Lipinski definition) is 4. The number of hydrogen-bond donors (Lipinski definition) is 1. The Balaban J connectivity index is 2.02. The second-order valence-electron chi connectivity index (χ2n) is 4.50. The summed E-state index contributed by atoms with van der Waals surface area (Å²) in [5, 5.41) is 8.52. The molecule has 1 fully saturated rings. The quantitative estimate of drug-likeness (QED) is 0.822. The summed E-state index contributed by atoms with van der Waals surface area (Å²) in [4.78, 5) is 21.1. The van der Waals surface area contributed by atoms with Crippen molar-refractivity contribution in [3.63, 3.8) is 0 Å². The van der Waals surface area contributed by atoms with Crippen LogP contribution in [0, 0.1) is 5.92 Å². The molecule has 1 aliphatic rings. The molecule has 1 atom stereocenters. The van der Waals surface area contributed by atoms with E-state index in [1.54, 1.807) is 12.4 Å². The Kier molecular flexibility index (Phi) is 3.92. The number of aromatic nitrogens is 2. The predicted octanol–water partition coefficient (Wildman–Crippen LogP) is 1.81. The molecule has 0 bridgehead atoms. The van der Waals surface area contributed by atoms with Crippen LogP contribution in [0.2, 0.25) is 0 Å². The SMILES string of the molecule is CCC1CCN(c2ncc(/C=C/C(=O)O)cn2)C1. The zero-order valence-corrected chi connectivity index (χ0v) is 10.4. The number of rotatable bonds is 4. The van der Waals surface area contributed by atoms with E-state index in [1.807, 2.05) is 0 Å². The molecule has 1 unspecified atom stereocenters. The Hall–Kier alpha value is -1.91. The molecule has 18 heavy (non-hydrogen) atoms. The highest BCUT2D eigenvalue weighted by Gasteiger charge is 2.22. The van der Waals surface area contributed by atoms with Gasteiger partial charge in [-0.3, -0.25) is 0 Å². The van der Waals surface area contributed by atoms with Crippen molar-refractivity contribution in [2.75, 3.05) is 18.0 Å². The molecule has 2 heterocycles. The number of carboxylic acids is 1. The maximum absolute atomic E-state index is 10.4. The van der Waals surface area contributed by atoms with Crippen LogP contribution >= 0.6 is 0 Å². The summed E-state index contributed by atoms with van der Waals surface area (Å²) in [6.45, 7) is 4.22. The van der Waals surface area contributed by atoms with Crippen molar-refractivity contribution in [1.29, 1.82) is 0 Å². The maximum Gasteiger partial charge on any atom is 0.328 e. The first-order valence-electron chi connectivity index (χ1n) is 6.17. The molecular formula is C13H17N3O2. The monoisotopic (exact) mass is 247 g/mol. The lowest BCUT2D eigenvalue weighted by atomic mass is 10.1. The van der Waals surface area contributed by atoms with Crippen molar-refractivity contribution in [1.82, 2.24) is 9.97 Å². The molecule has 1 saturated heterocycles. The molecule has 0 aliphatic carbocycles. The van der Waals surface area contributed by atoms with Crippen LogP contribution in [0.1, 0.15) is 25.3 Å². The molecular weight excluding hydrogens is 230 g/mol. The fraction of sp³-hybridized carbons (Fsp3) is 0.462. The summed E-state index contributed by atoms with van der Waals surface area (Å²) in [6.07, 6.45) is 8.27. The van der Waals surface area contributed by atoms with E-state index >= 15 is 0 Å². The molecule has 0 saturated carbocycles. The molecule has 1 aromatic heterocycles. The van der Waals surface area contributed by atoms with E-state index in [0.717, 1.165) is 31.0 Å². The minimum absolute atomic E-state index is 0.701. The lowest BCUT2D eigenvalue weighted by Gasteiger charge is -2.15. The normalized spacial score (nSPS) is 19.6. The van der Waals surface area contributed by atoms with Crippen LogP contribution in [0.3, 0.4) is 0 Å². The van der Waals surface area contributed by atoms with Crippen LogP contribution in [0.5, 0.6) is 0 Å². The molecule has 5 nitrogen and oxygen atoms in total. The Morgan fingerprint density at radius 1 is 1.56 bits per heavy atom. The maximum atomic E-state index is 10.4. The summed E-state index contributed by atoms with van der Waals surface area (Å²) in [6, 6.07) is 0. The lowest BCUT2D eigenvalue weighted by Crippen LogP contribution is -2.21. The van der Waals surface area contributed by atoms with E-state index in [2.05, 4.69) is 21.8 Å². The van der Waals surface area contributed by atoms with Gasteiger partial charge < -0.3 is 10.0 Å². The molecule has 2 rings (SSSR count). The number of carbonyl (C=O) groups is 1. The van der Waals surface area contributed by atoms with E-state index < -0.39 is 5.97 Å². The van der Waals surface area contributed by atoms with E-state index in [4.69, 9.17) is 5.11 Å². The van der Waals surface area contributed by atoms with Crippen molar-refractivity contribution in [2.24, 2.45) is 5.92 Å². The molecule has 1 N–H and O–H groups in total. The van der Waals surface area contributed by atoms with Gasteiger partial charge in [0, 0.05) is 37.1 Å². The molecule has 0 aromatic carbocycles. The highest BCUT2D eigenvalue weighted by atomic mass is 16.4. The summed E-state index contributed by atoms with van der Waals surface area (Å²) in [5.41, 5.74) is 0.701. The second-order valence-corrected chi connectivity index (χ2v) is 4.50. The zero-order valence-electron chi connectivity index (χ0n) is 10.4. The number of aliphatic carboxylic acids is 1. The Morgan fingerprint density at radius 3 is 2.83 bits per heavy atom. The average Bonchev–Trinajstić information content (AvgIpc) is 2.85. The summed E-state index contributed by atoms with van der Waals surface area (Å²) in [7, 11) is 0. The van der Waals surface area contributed by atoms with Gasteiger partial charge >= 0.3 is 5.97 Å². The van der Waals surface area contributed by atoms with Gasteiger partial charge in [0.25, 0.3) is 0 Å². The average molecular weight is 247 g/mol. The van der Waals surface area contributed by atoms with Crippen molar-refractivity contribution >= 4 is 18.0 Å². The number of anilines is 1. The van der Waals surface area contributed by atoms with Crippen LogP contribution in [0.25, 0.3) is 6.08 Å². The topological polar surface area (TPSA) is 66.3 Å². The fourth-order valence-corrected chi connectivity index (χ4v) is 2.10. The van der Waals surface area contributed by atoms with Gasteiger partial charge in [-0.25, -0.2) is 14.8 Å². The molecule has 96 valence electrons. The van der Waals surface area contributed by atoms with Crippen LogP contribution < -0.4 is 4.90 Å². The molecule has 1 aliphatic heterocycles. The predicted molar refractivity (Wildman–Crippen MR) is 69.3 cm³/mol. The van der Waals surface area contributed by atoms with Crippen LogP contribution in [0.4, 0.5) is 5.95 Å². The van der Waals surface area contributed by atoms with E-state index in [-0.39, 0.29) is 0 Å². The van der Waals surface area contributed by atoms with Crippen molar-refractivity contribution in [2.45, 2.75) is 19.8 Å². The third-order valence-electron chi connectivity index (χ3n) is 3.22. The van der Waals surface area contributed by atoms with Crippen molar-refractivity contribution in [3.8, 4) is 0 Å². The lowest BCUT2D eigenvalue weighted by molar-refractivity contribution is -0.131. The first-order chi connectivity index (χ1) is 8.69. The smallest absolute Gasteiger partial charge is 0.328 e. The van der Waals surface area contributed by atoms with Crippen molar-refractivity contribution < 1.29 is 9.90 Å². The van der Waals surface area contributed by atoms with Gasteiger partial charge in [0.05, 0.1) is 0 Å². The fourth-order valence-electron chi connectivity index (χ4n) is 2.10. The van der Waals surface area contributed by atoms with Gasteiger partial charge in [0.1, 0.15) is 0 Å². The first-order valence-corrected chi connectivity index (χ1v) is 6.17. The van der Waals surface area contributed by atoms with Gasteiger partial charge in [-0.1, -0.05) is 13.3 Å². The minimum Gasteiger partial charge on any atom is -0.478 e. The largest absolute Gasteiger partial charge is 0.478 e. The Bertz CT molecular complexity index is 442. The zero-order chi connectivity index (χ0) is 13.0. The third-order valence-corrected chi connectivity index (χ3v) is 3.22. The summed E-state index contributed by atoms with van der Waals surface area (Å²) in [5.74, 6) is 0.503. The molecule has 0 radical (unpaired) electrons. The molecule has 1 aromatic rings. The third kappa shape index (κ3) is 3.06. The highest BCUT2D eigenvalue weighted by Crippen LogP contribution is 2.22.